The molecule has 0 aliphatic heterocycles. The first kappa shape index (κ1) is 18.1. The minimum Gasteiger partial charge on any atom is -0.464 e. The van der Waals surface area contributed by atoms with E-state index in [4.69, 9.17) is 9.47 Å². The SMILES string of the molecule is CCOC(=O)C(NC(C)=O)(C(=O)OCC)C1CCCCC1=O. The van der Waals surface area contributed by atoms with Crippen LogP contribution in [0.1, 0.15) is 46.5 Å². The van der Waals surface area contributed by atoms with Crippen molar-refractivity contribution in [2.75, 3.05) is 13.2 Å². The van der Waals surface area contributed by atoms with Crippen LogP contribution >= 0.6 is 0 Å². The molecule has 7 nitrogen and oxygen atoms in total. The van der Waals surface area contributed by atoms with E-state index in [1.165, 1.54) is 6.92 Å². The van der Waals surface area contributed by atoms with E-state index in [9.17, 15) is 19.2 Å². The van der Waals surface area contributed by atoms with Gasteiger partial charge < -0.3 is 14.8 Å². The standard InChI is InChI=1S/C15H23NO6/c1-4-21-13(19)15(16-10(3)17,14(20)22-5-2)11-8-6-7-9-12(11)18/h11H,4-9H2,1-3H3,(H,16,17). The minimum atomic E-state index is -2.09. The monoisotopic (exact) mass is 313 g/mol. The van der Waals surface area contributed by atoms with Crippen LogP contribution in [0.2, 0.25) is 0 Å². The predicted molar refractivity (Wildman–Crippen MR) is 76.8 cm³/mol. The summed E-state index contributed by atoms with van der Waals surface area (Å²) in [5, 5.41) is 2.35. The maximum atomic E-state index is 12.5. The molecule has 0 radical (unpaired) electrons. The highest BCUT2D eigenvalue weighted by atomic mass is 16.6. The van der Waals surface area contributed by atoms with Crippen LogP contribution in [0.15, 0.2) is 0 Å². The van der Waals surface area contributed by atoms with Gasteiger partial charge in [-0.1, -0.05) is 6.42 Å². The van der Waals surface area contributed by atoms with Gasteiger partial charge in [0.05, 0.1) is 19.1 Å². The van der Waals surface area contributed by atoms with Gasteiger partial charge in [-0.05, 0) is 26.7 Å². The second kappa shape index (κ2) is 7.91. The summed E-state index contributed by atoms with van der Waals surface area (Å²) in [6.07, 6.45) is 2.00. The lowest BCUT2D eigenvalue weighted by molar-refractivity contribution is -0.174. The molecule has 1 fully saturated rings. The molecule has 7 heteroatoms. The predicted octanol–water partition coefficient (Wildman–Crippen LogP) is 0.747. The summed E-state index contributed by atoms with van der Waals surface area (Å²) in [5.41, 5.74) is -2.09. The van der Waals surface area contributed by atoms with Gasteiger partial charge in [0.25, 0.3) is 0 Å². The van der Waals surface area contributed by atoms with Crippen LogP contribution in [-0.4, -0.2) is 42.4 Å². The Morgan fingerprint density at radius 3 is 2.09 bits per heavy atom. The van der Waals surface area contributed by atoms with E-state index in [2.05, 4.69) is 5.32 Å². The highest BCUT2D eigenvalue weighted by molar-refractivity contribution is 6.12. The Bertz CT molecular complexity index is 441. The first-order chi connectivity index (χ1) is 10.4. The number of hydrogen-bond acceptors (Lipinski definition) is 6. The van der Waals surface area contributed by atoms with Crippen LogP contribution in [0.25, 0.3) is 0 Å². The minimum absolute atomic E-state index is 0.0283. The molecule has 0 aromatic heterocycles. The van der Waals surface area contributed by atoms with Gasteiger partial charge in [-0.25, -0.2) is 9.59 Å². The van der Waals surface area contributed by atoms with Gasteiger partial charge in [-0.3, -0.25) is 9.59 Å². The molecule has 22 heavy (non-hydrogen) atoms. The zero-order chi connectivity index (χ0) is 16.8. The Morgan fingerprint density at radius 1 is 1.14 bits per heavy atom. The molecule has 0 bridgehead atoms. The van der Waals surface area contributed by atoms with Crippen molar-refractivity contribution >= 4 is 23.6 Å². The summed E-state index contributed by atoms with van der Waals surface area (Å²) < 4.78 is 9.94. The van der Waals surface area contributed by atoms with Crippen molar-refractivity contribution < 1.29 is 28.7 Å². The summed E-state index contributed by atoms with van der Waals surface area (Å²) in [7, 11) is 0. The number of ketones is 1. The molecule has 1 rings (SSSR count). The second-order valence-corrected chi connectivity index (χ2v) is 5.19. The summed E-state index contributed by atoms with van der Waals surface area (Å²) in [4.78, 5) is 48.8. The van der Waals surface area contributed by atoms with Gasteiger partial charge in [0.2, 0.25) is 11.4 Å². The fourth-order valence-electron chi connectivity index (χ4n) is 2.77. The highest BCUT2D eigenvalue weighted by Crippen LogP contribution is 2.32. The number of carbonyl (C=O) groups excluding carboxylic acids is 4. The number of rotatable bonds is 6. The molecular formula is C15H23NO6. The Kier molecular flexibility index (Phi) is 6.52. The van der Waals surface area contributed by atoms with Crippen molar-refractivity contribution in [3.8, 4) is 0 Å². The van der Waals surface area contributed by atoms with Crippen LogP contribution in [0.4, 0.5) is 0 Å². The molecule has 0 heterocycles. The van der Waals surface area contributed by atoms with Gasteiger partial charge in [0.15, 0.2) is 0 Å². The van der Waals surface area contributed by atoms with E-state index >= 15 is 0 Å². The molecular weight excluding hydrogens is 290 g/mol. The summed E-state index contributed by atoms with van der Waals surface area (Å²) in [5.74, 6) is -3.67. The quantitative estimate of drug-likeness (QED) is 0.574. The maximum Gasteiger partial charge on any atom is 0.344 e. The van der Waals surface area contributed by atoms with Gasteiger partial charge in [-0.15, -0.1) is 0 Å². The molecule has 1 N–H and O–H groups in total. The lowest BCUT2D eigenvalue weighted by Crippen LogP contribution is -2.67. The van der Waals surface area contributed by atoms with Gasteiger partial charge in [0, 0.05) is 13.3 Å². The topological polar surface area (TPSA) is 98.8 Å². The fourth-order valence-corrected chi connectivity index (χ4v) is 2.77. The molecule has 1 amide bonds. The molecule has 0 aromatic rings. The third-order valence-electron chi connectivity index (χ3n) is 3.65. The van der Waals surface area contributed by atoms with Gasteiger partial charge in [-0.2, -0.15) is 0 Å². The van der Waals surface area contributed by atoms with Crippen molar-refractivity contribution in [3.63, 3.8) is 0 Å². The summed E-state index contributed by atoms with van der Waals surface area (Å²) >= 11 is 0. The normalized spacial score (nSPS) is 18.5. The number of hydrogen-bond donors (Lipinski definition) is 1. The van der Waals surface area contributed by atoms with E-state index in [-0.39, 0.29) is 25.4 Å². The molecule has 1 saturated carbocycles. The molecule has 1 unspecified atom stereocenters. The first-order valence-corrected chi connectivity index (χ1v) is 7.56. The highest BCUT2D eigenvalue weighted by Gasteiger charge is 2.58. The first-order valence-electron chi connectivity index (χ1n) is 7.56. The molecule has 1 aliphatic carbocycles. The average molecular weight is 313 g/mol. The van der Waals surface area contributed by atoms with Gasteiger partial charge in [0.1, 0.15) is 5.78 Å². The smallest absolute Gasteiger partial charge is 0.344 e. The fraction of sp³-hybridized carbons (Fsp3) is 0.733. The third-order valence-corrected chi connectivity index (χ3v) is 3.65. The van der Waals surface area contributed by atoms with E-state index in [1.807, 2.05) is 0 Å². The zero-order valence-corrected chi connectivity index (χ0v) is 13.3. The van der Waals surface area contributed by atoms with E-state index < -0.39 is 29.3 Å². The number of carbonyl (C=O) groups is 4. The van der Waals surface area contributed by atoms with Gasteiger partial charge >= 0.3 is 11.9 Å². The molecule has 124 valence electrons. The van der Waals surface area contributed by atoms with E-state index in [0.29, 0.717) is 19.3 Å². The molecule has 1 atom stereocenters. The Morgan fingerprint density at radius 2 is 1.68 bits per heavy atom. The van der Waals surface area contributed by atoms with Crippen molar-refractivity contribution in [1.82, 2.24) is 5.32 Å². The Hall–Kier alpha value is -1.92. The molecule has 1 aliphatic rings. The Balaban J connectivity index is 3.34. The molecule has 0 saturated heterocycles. The van der Waals surface area contributed by atoms with Crippen molar-refractivity contribution in [2.45, 2.75) is 52.0 Å². The zero-order valence-electron chi connectivity index (χ0n) is 13.3. The summed E-state index contributed by atoms with van der Waals surface area (Å²) in [6.45, 7) is 4.41. The number of esters is 2. The third kappa shape index (κ3) is 3.64. The van der Waals surface area contributed by atoms with Crippen molar-refractivity contribution in [3.05, 3.63) is 0 Å². The lowest BCUT2D eigenvalue weighted by atomic mass is 9.73. The number of Topliss-reactive ketones (excluding diaryl/α,β-unsaturated/α-hetero) is 1. The number of amides is 1. The van der Waals surface area contributed by atoms with Crippen LogP contribution in [0.3, 0.4) is 0 Å². The largest absolute Gasteiger partial charge is 0.464 e. The second-order valence-electron chi connectivity index (χ2n) is 5.19. The van der Waals surface area contributed by atoms with Crippen LogP contribution in [0, 0.1) is 5.92 Å². The van der Waals surface area contributed by atoms with Crippen LogP contribution in [-0.2, 0) is 28.7 Å². The molecule has 0 spiro atoms. The summed E-state index contributed by atoms with van der Waals surface area (Å²) in [6, 6.07) is 0. The number of nitrogens with one attached hydrogen (secondary N) is 1. The maximum absolute atomic E-state index is 12.5. The molecule has 0 aromatic carbocycles. The van der Waals surface area contributed by atoms with Crippen molar-refractivity contribution in [1.29, 1.82) is 0 Å². The van der Waals surface area contributed by atoms with Crippen molar-refractivity contribution in [2.24, 2.45) is 5.92 Å². The Labute approximate surface area is 129 Å². The van der Waals surface area contributed by atoms with Crippen LogP contribution < -0.4 is 5.32 Å². The van der Waals surface area contributed by atoms with E-state index in [1.54, 1.807) is 13.8 Å². The van der Waals surface area contributed by atoms with Crippen LogP contribution in [0.5, 0.6) is 0 Å². The number of ether oxygens (including phenoxy) is 2. The van der Waals surface area contributed by atoms with E-state index in [0.717, 1.165) is 0 Å². The average Bonchev–Trinajstić information content (AvgIpc) is 2.45. The lowest BCUT2D eigenvalue weighted by Gasteiger charge is -2.37.